The molecule has 9 nitrogen and oxygen atoms in total. The van der Waals surface area contributed by atoms with Crippen molar-refractivity contribution in [3.05, 3.63) is 42.1 Å². The first-order valence-corrected chi connectivity index (χ1v) is 14.3. The summed E-state index contributed by atoms with van der Waals surface area (Å²) in [6, 6.07) is 11.9. The fourth-order valence-electron chi connectivity index (χ4n) is 5.05. The number of aryl methyl sites for hydroxylation is 1. The summed E-state index contributed by atoms with van der Waals surface area (Å²) < 4.78 is 0. The summed E-state index contributed by atoms with van der Waals surface area (Å²) in [5.74, 6) is 2.63. The van der Waals surface area contributed by atoms with Crippen LogP contribution < -0.4 is 15.5 Å². The fraction of sp³-hybridized carbons (Fsp3) is 0.500. The lowest BCUT2D eigenvalue weighted by Gasteiger charge is -2.42. The van der Waals surface area contributed by atoms with Gasteiger partial charge in [-0.3, -0.25) is 14.8 Å². The highest BCUT2D eigenvalue weighted by Crippen LogP contribution is 2.31. The number of amides is 1. The highest BCUT2D eigenvalue weighted by Gasteiger charge is 2.27. The molecular weight excluding hydrogens is 496 g/mol. The van der Waals surface area contributed by atoms with Crippen LogP contribution in [0.3, 0.4) is 0 Å². The van der Waals surface area contributed by atoms with E-state index in [-0.39, 0.29) is 20.2 Å². The number of rotatable bonds is 7. The molecule has 1 saturated carbocycles. The molecule has 0 radical (unpaired) electrons. The van der Waals surface area contributed by atoms with Gasteiger partial charge in [-0.2, -0.15) is 5.10 Å². The number of aromatic amines is 1. The molecule has 0 atom stereocenters. The second-order valence-corrected chi connectivity index (χ2v) is 12.2. The summed E-state index contributed by atoms with van der Waals surface area (Å²) >= 11 is 1.51. The second-order valence-electron chi connectivity index (χ2n) is 11.2. The Morgan fingerprint density at radius 3 is 2.37 bits per heavy atom. The summed E-state index contributed by atoms with van der Waals surface area (Å²) in [5, 5.41) is 14.3. The number of hydrogen-bond donors (Lipinski definition) is 3. The van der Waals surface area contributed by atoms with Crippen molar-refractivity contribution in [2.45, 2.75) is 69.0 Å². The Kier molecular flexibility index (Phi) is 7.90. The third kappa shape index (κ3) is 6.66. The van der Waals surface area contributed by atoms with Gasteiger partial charge < -0.3 is 15.5 Å². The molecule has 2 aliphatic rings. The largest absolute Gasteiger partial charge is 0.354 e. The first-order valence-electron chi connectivity index (χ1n) is 13.5. The van der Waals surface area contributed by atoms with Crippen LogP contribution in [0.5, 0.6) is 0 Å². The molecule has 1 saturated heterocycles. The molecule has 2 aromatic heterocycles. The number of H-pyrrole nitrogens is 1. The average molecular weight is 539 g/mol. The number of aromatic nitrogens is 4. The maximum atomic E-state index is 12.5. The van der Waals surface area contributed by atoms with Crippen LogP contribution in [0.1, 0.15) is 55.0 Å². The lowest BCUT2D eigenvalue weighted by molar-refractivity contribution is -0.119. The number of carbonyl (C=O) groups excluding carboxylic acids is 1. The first kappa shape index (κ1) is 26.5. The molecule has 0 spiro atoms. The van der Waals surface area contributed by atoms with Crippen LogP contribution in [0.2, 0.25) is 0 Å². The molecule has 2 fully saturated rings. The number of piperazine rings is 1. The van der Waals surface area contributed by atoms with Crippen molar-refractivity contribution in [3.8, 4) is 0 Å². The molecule has 3 aromatic rings. The van der Waals surface area contributed by atoms with Gasteiger partial charge in [0.15, 0.2) is 11.0 Å². The number of benzene rings is 1. The van der Waals surface area contributed by atoms with Crippen molar-refractivity contribution in [2.75, 3.05) is 41.7 Å². The van der Waals surface area contributed by atoms with Crippen LogP contribution in [-0.4, -0.2) is 62.7 Å². The van der Waals surface area contributed by atoms with Crippen LogP contribution in [0.4, 0.5) is 23.1 Å². The molecular formula is C28H42N8OS. The van der Waals surface area contributed by atoms with E-state index in [4.69, 9.17) is 9.97 Å². The summed E-state index contributed by atoms with van der Waals surface area (Å²) in [5.41, 5.74) is 1.97. The molecule has 3 heterocycles. The summed E-state index contributed by atoms with van der Waals surface area (Å²) in [6.45, 7) is 12.6. The van der Waals surface area contributed by atoms with Crippen LogP contribution >= 0.6 is 11.8 Å². The number of nitrogens with one attached hydrogen (secondary N) is 3. The maximum absolute atomic E-state index is 12.5. The number of carbonyl (C=O) groups is 1. The van der Waals surface area contributed by atoms with E-state index in [1.807, 2.05) is 43.3 Å². The Labute approximate surface area is 232 Å². The third-order valence-corrected chi connectivity index (χ3v) is 8.14. The second kappa shape index (κ2) is 11.3. The fourth-order valence-corrected chi connectivity index (χ4v) is 5.81. The van der Waals surface area contributed by atoms with E-state index in [1.165, 1.54) is 11.8 Å². The molecule has 1 aromatic carbocycles. The highest BCUT2D eigenvalue weighted by molar-refractivity contribution is 7.99. The highest BCUT2D eigenvalue weighted by atomic mass is 32.2. The van der Waals surface area contributed by atoms with Gasteiger partial charge in [-0.15, -0.1) is 0 Å². The van der Waals surface area contributed by atoms with E-state index < -0.39 is 0 Å². The summed E-state index contributed by atoms with van der Waals surface area (Å²) in [4.78, 5) is 28.1. The SMILES string of the molecule is Cc1cc(Nc2cc(N3CCN(C(C)(C)C)CC3)nc(Sc3ccc(NC(=O)C4CCCC4)cc3)n2)n[nH]1.[HH].[HH]. The molecule has 0 bridgehead atoms. The van der Waals surface area contributed by atoms with Crippen molar-refractivity contribution in [1.82, 2.24) is 25.1 Å². The van der Waals surface area contributed by atoms with E-state index in [9.17, 15) is 4.79 Å². The van der Waals surface area contributed by atoms with Gasteiger partial charge in [-0.25, -0.2) is 9.97 Å². The van der Waals surface area contributed by atoms with E-state index in [0.29, 0.717) is 11.0 Å². The topological polar surface area (TPSA) is 102 Å². The monoisotopic (exact) mass is 538 g/mol. The Morgan fingerprint density at radius 1 is 1.03 bits per heavy atom. The molecule has 1 aliphatic carbocycles. The number of anilines is 4. The van der Waals surface area contributed by atoms with Gasteiger partial charge in [-0.1, -0.05) is 12.8 Å². The molecule has 5 rings (SSSR count). The molecule has 10 heteroatoms. The Hall–Kier alpha value is -3.11. The molecule has 206 valence electrons. The zero-order valence-corrected chi connectivity index (χ0v) is 23.6. The Morgan fingerprint density at radius 2 is 1.74 bits per heavy atom. The zero-order chi connectivity index (χ0) is 26.7. The molecule has 1 aliphatic heterocycles. The number of nitrogens with zero attached hydrogens (tertiary/aromatic N) is 5. The quantitative estimate of drug-likeness (QED) is 0.318. The lowest BCUT2D eigenvalue weighted by atomic mass is 10.1. The van der Waals surface area contributed by atoms with Crippen molar-refractivity contribution in [3.63, 3.8) is 0 Å². The normalized spacial score (nSPS) is 17.1. The van der Waals surface area contributed by atoms with Crippen molar-refractivity contribution in [1.29, 1.82) is 0 Å². The van der Waals surface area contributed by atoms with Gasteiger partial charge in [0.05, 0.1) is 0 Å². The average Bonchev–Trinajstić information content (AvgIpc) is 3.57. The van der Waals surface area contributed by atoms with E-state index in [0.717, 1.165) is 79.8 Å². The standard InChI is InChI=1S/C28H38N8OS.2H2/c1-19-17-24(34-33-19)30-23-18-25(35-13-15-36(16-14-35)28(2,3)4)32-27(31-23)38-22-11-9-21(10-12-22)29-26(37)20-7-5-6-8-20;;/h9-12,17-18,20H,5-8,13-16H2,1-4H3,(H,29,37)(H2,30,31,32,33,34);2*1H. The van der Waals surface area contributed by atoms with Crippen molar-refractivity contribution < 1.29 is 7.65 Å². The third-order valence-electron chi connectivity index (χ3n) is 7.26. The maximum Gasteiger partial charge on any atom is 0.227 e. The zero-order valence-electron chi connectivity index (χ0n) is 22.8. The van der Waals surface area contributed by atoms with Crippen LogP contribution in [0.25, 0.3) is 0 Å². The van der Waals surface area contributed by atoms with E-state index in [1.54, 1.807) is 0 Å². The summed E-state index contributed by atoms with van der Waals surface area (Å²) in [6.07, 6.45) is 4.28. The molecule has 3 N–H and O–H groups in total. The predicted octanol–water partition coefficient (Wildman–Crippen LogP) is 5.94. The molecule has 38 heavy (non-hydrogen) atoms. The van der Waals surface area contributed by atoms with Gasteiger partial charge in [0.25, 0.3) is 0 Å². The minimum Gasteiger partial charge on any atom is -0.354 e. The van der Waals surface area contributed by atoms with Gasteiger partial charge in [-0.05, 0) is 76.6 Å². The lowest BCUT2D eigenvalue weighted by Crippen LogP contribution is -2.53. The number of hydrogen-bond acceptors (Lipinski definition) is 8. The Balaban J connectivity index is 0.00000220. The molecule has 1 amide bonds. The van der Waals surface area contributed by atoms with Crippen molar-refractivity contribution >= 4 is 40.8 Å². The van der Waals surface area contributed by atoms with Crippen LogP contribution in [-0.2, 0) is 4.79 Å². The van der Waals surface area contributed by atoms with E-state index >= 15 is 0 Å². The minimum absolute atomic E-state index is 0. The van der Waals surface area contributed by atoms with E-state index in [2.05, 4.69) is 51.4 Å². The Bertz CT molecular complexity index is 1250. The smallest absolute Gasteiger partial charge is 0.227 e. The van der Waals surface area contributed by atoms with Gasteiger partial charge in [0.1, 0.15) is 11.6 Å². The van der Waals surface area contributed by atoms with Crippen LogP contribution in [0.15, 0.2) is 46.5 Å². The predicted molar refractivity (Wildman–Crippen MR) is 158 cm³/mol. The van der Waals surface area contributed by atoms with Gasteiger partial charge in [0.2, 0.25) is 5.91 Å². The van der Waals surface area contributed by atoms with Gasteiger partial charge >= 0.3 is 0 Å². The first-order chi connectivity index (χ1) is 18.2. The van der Waals surface area contributed by atoms with Crippen molar-refractivity contribution in [2.24, 2.45) is 5.92 Å². The summed E-state index contributed by atoms with van der Waals surface area (Å²) in [7, 11) is 0. The van der Waals surface area contributed by atoms with Gasteiger partial charge in [0, 0.05) is 68.9 Å². The minimum atomic E-state index is 0. The molecule has 0 unspecified atom stereocenters. The van der Waals surface area contributed by atoms with Crippen LogP contribution in [0, 0.1) is 12.8 Å².